The number of likely N-dealkylation sites (N-methyl/N-ethyl adjacent to an activating group) is 1. The minimum Gasteiger partial charge on any atom is -0.482 e. The molecule has 0 saturated heterocycles. The van der Waals surface area contributed by atoms with E-state index in [0.717, 1.165) is 12.1 Å². The van der Waals surface area contributed by atoms with Crippen LogP contribution in [0.5, 0.6) is 5.75 Å². The van der Waals surface area contributed by atoms with Gasteiger partial charge in [-0.25, -0.2) is 4.39 Å². The smallest absolute Gasteiger partial charge is 0.326 e. The number of ether oxygens (including phenoxy) is 2. The van der Waals surface area contributed by atoms with Crippen molar-refractivity contribution < 1.29 is 23.6 Å². The number of halogens is 1. The molecule has 116 valence electrons. The maximum Gasteiger partial charge on any atom is 0.326 e. The molecule has 0 radical (unpaired) electrons. The van der Waals surface area contributed by atoms with Crippen LogP contribution in [0.3, 0.4) is 0 Å². The highest BCUT2D eigenvalue weighted by Crippen LogP contribution is 2.29. The number of rotatable bonds is 8. The third-order valence-electron chi connectivity index (χ3n) is 2.56. The number of benzene rings is 1. The Morgan fingerprint density at radius 3 is 2.76 bits per heavy atom. The van der Waals surface area contributed by atoms with E-state index in [4.69, 9.17) is 9.47 Å². The minimum atomic E-state index is -0.858. The zero-order chi connectivity index (χ0) is 15.8. The van der Waals surface area contributed by atoms with Gasteiger partial charge in [0.15, 0.2) is 5.82 Å². The van der Waals surface area contributed by atoms with Crippen LogP contribution in [-0.2, 0) is 9.53 Å². The van der Waals surface area contributed by atoms with Crippen molar-refractivity contribution in [2.45, 2.75) is 19.9 Å². The van der Waals surface area contributed by atoms with E-state index in [0.29, 0.717) is 6.54 Å². The van der Waals surface area contributed by atoms with Gasteiger partial charge in [0.25, 0.3) is 0 Å². The van der Waals surface area contributed by atoms with Crippen LogP contribution in [0.15, 0.2) is 18.2 Å². The Balaban J connectivity index is 2.85. The van der Waals surface area contributed by atoms with Crippen molar-refractivity contribution in [2.24, 2.45) is 0 Å². The fraction of sp³-hybridized carbons (Fsp3) is 0.462. The van der Waals surface area contributed by atoms with Gasteiger partial charge in [0.2, 0.25) is 5.75 Å². The Bertz CT molecular complexity index is 509. The fourth-order valence-corrected chi connectivity index (χ4v) is 1.65. The third-order valence-corrected chi connectivity index (χ3v) is 2.56. The molecule has 1 aromatic rings. The van der Waals surface area contributed by atoms with Crippen LogP contribution < -0.4 is 10.1 Å². The first-order valence-electron chi connectivity index (χ1n) is 6.46. The summed E-state index contributed by atoms with van der Waals surface area (Å²) in [6.45, 7) is 3.82. The summed E-state index contributed by atoms with van der Waals surface area (Å²) < 4.78 is 23.6. The first kappa shape index (κ1) is 16.8. The summed E-state index contributed by atoms with van der Waals surface area (Å²) in [4.78, 5) is 21.8. The molecule has 0 aliphatic carbocycles. The zero-order valence-electron chi connectivity index (χ0n) is 11.8. The number of carbonyl (C=O) groups excluding carboxylic acids is 1. The van der Waals surface area contributed by atoms with E-state index in [1.165, 1.54) is 6.07 Å². The maximum atomic E-state index is 13.6. The van der Waals surface area contributed by atoms with Gasteiger partial charge in [0.05, 0.1) is 11.5 Å². The van der Waals surface area contributed by atoms with Crippen molar-refractivity contribution in [3.05, 3.63) is 34.1 Å². The van der Waals surface area contributed by atoms with Gasteiger partial charge in [-0.05, 0) is 19.5 Å². The molecule has 0 aliphatic heterocycles. The van der Waals surface area contributed by atoms with Crippen LogP contribution >= 0.6 is 0 Å². The van der Waals surface area contributed by atoms with Crippen molar-refractivity contribution in [1.29, 1.82) is 0 Å². The molecule has 1 atom stereocenters. The van der Waals surface area contributed by atoms with Crippen LogP contribution in [-0.4, -0.2) is 36.7 Å². The van der Waals surface area contributed by atoms with E-state index >= 15 is 0 Å². The highest BCUT2D eigenvalue weighted by molar-refractivity contribution is 5.76. The minimum absolute atomic E-state index is 0.195. The van der Waals surface area contributed by atoms with Crippen molar-refractivity contribution >= 4 is 11.7 Å². The van der Waals surface area contributed by atoms with E-state index in [1.807, 2.05) is 0 Å². The predicted molar refractivity (Wildman–Crippen MR) is 72.6 cm³/mol. The summed E-state index contributed by atoms with van der Waals surface area (Å²) in [5.41, 5.74) is -0.492. The van der Waals surface area contributed by atoms with Crippen LogP contribution in [0, 0.1) is 15.9 Å². The molecule has 0 saturated carbocycles. The van der Waals surface area contributed by atoms with E-state index in [9.17, 15) is 19.3 Å². The largest absolute Gasteiger partial charge is 0.482 e. The third kappa shape index (κ3) is 4.67. The van der Waals surface area contributed by atoms with Gasteiger partial charge in [-0.15, -0.1) is 0 Å². The molecule has 0 spiro atoms. The summed E-state index contributed by atoms with van der Waals surface area (Å²) in [5, 5.41) is 13.6. The molecule has 0 aromatic heterocycles. The first-order valence-corrected chi connectivity index (χ1v) is 6.46. The fourth-order valence-electron chi connectivity index (χ4n) is 1.65. The van der Waals surface area contributed by atoms with E-state index in [-0.39, 0.29) is 13.2 Å². The van der Waals surface area contributed by atoms with E-state index in [2.05, 4.69) is 5.32 Å². The molecular weight excluding hydrogens is 283 g/mol. The van der Waals surface area contributed by atoms with Gasteiger partial charge >= 0.3 is 11.7 Å². The molecule has 0 amide bonds. The number of esters is 1. The maximum absolute atomic E-state index is 13.6. The van der Waals surface area contributed by atoms with Crippen molar-refractivity contribution in [2.75, 3.05) is 19.8 Å². The molecule has 0 fully saturated rings. The van der Waals surface area contributed by atoms with E-state index in [1.54, 1.807) is 13.8 Å². The summed E-state index contributed by atoms with van der Waals surface area (Å²) in [6, 6.07) is 2.57. The lowest BCUT2D eigenvalue weighted by Gasteiger charge is -2.17. The van der Waals surface area contributed by atoms with Crippen LogP contribution in [0.1, 0.15) is 13.8 Å². The van der Waals surface area contributed by atoms with Crippen LogP contribution in [0.25, 0.3) is 0 Å². The second kappa shape index (κ2) is 8.15. The average Bonchev–Trinajstić information content (AvgIpc) is 2.44. The average molecular weight is 300 g/mol. The molecule has 0 heterocycles. The Kier molecular flexibility index (Phi) is 6.54. The molecule has 0 aliphatic rings. The molecule has 1 aromatic carbocycles. The summed E-state index contributed by atoms with van der Waals surface area (Å²) >= 11 is 0. The monoisotopic (exact) mass is 300 g/mol. The highest BCUT2D eigenvalue weighted by atomic mass is 19.1. The number of hydrogen-bond acceptors (Lipinski definition) is 6. The quantitative estimate of drug-likeness (QED) is 0.446. The lowest BCUT2D eigenvalue weighted by atomic mass is 10.2. The normalized spacial score (nSPS) is 11.8. The number of nitrogens with one attached hydrogen (secondary N) is 1. The number of carbonyl (C=O) groups is 1. The number of para-hydroxylation sites is 1. The van der Waals surface area contributed by atoms with Gasteiger partial charge in [-0.1, -0.05) is 13.0 Å². The number of nitro groups is 1. The number of nitro benzene ring substituents is 1. The summed E-state index contributed by atoms with van der Waals surface area (Å²) in [6.07, 6.45) is 0. The standard InChI is InChI=1S/C13H17FN2O5/c1-3-15-10(13(17)20-4-2)8-21-12-9(14)6-5-7-11(12)16(18)19/h5-7,10,15H,3-4,8H2,1-2H3. The second-order valence-electron chi connectivity index (χ2n) is 4.02. The first-order chi connectivity index (χ1) is 10.0. The Morgan fingerprint density at radius 1 is 1.48 bits per heavy atom. The zero-order valence-corrected chi connectivity index (χ0v) is 11.8. The molecule has 1 N–H and O–H groups in total. The van der Waals surface area contributed by atoms with Crippen molar-refractivity contribution in [1.82, 2.24) is 5.32 Å². The molecule has 1 rings (SSSR count). The van der Waals surface area contributed by atoms with Crippen LogP contribution in [0.2, 0.25) is 0 Å². The van der Waals surface area contributed by atoms with Gasteiger partial charge in [0, 0.05) is 6.07 Å². The molecule has 8 heteroatoms. The lowest BCUT2D eigenvalue weighted by molar-refractivity contribution is -0.386. The number of hydrogen-bond donors (Lipinski definition) is 1. The van der Waals surface area contributed by atoms with Gasteiger partial charge < -0.3 is 14.8 Å². The lowest BCUT2D eigenvalue weighted by Crippen LogP contribution is -2.42. The van der Waals surface area contributed by atoms with Crippen molar-refractivity contribution in [3.8, 4) is 5.75 Å². The predicted octanol–water partition coefficient (Wildman–Crippen LogP) is 1.65. The Labute approximate surface area is 121 Å². The van der Waals surface area contributed by atoms with Crippen LogP contribution in [0.4, 0.5) is 10.1 Å². The molecule has 0 bridgehead atoms. The topological polar surface area (TPSA) is 90.7 Å². The number of nitrogens with zero attached hydrogens (tertiary/aromatic N) is 1. The molecular formula is C13H17FN2O5. The van der Waals surface area contributed by atoms with Gasteiger partial charge in [-0.2, -0.15) is 0 Å². The molecule has 21 heavy (non-hydrogen) atoms. The molecule has 1 unspecified atom stereocenters. The van der Waals surface area contributed by atoms with E-state index < -0.39 is 34.2 Å². The van der Waals surface area contributed by atoms with Gasteiger partial charge in [0.1, 0.15) is 12.6 Å². The van der Waals surface area contributed by atoms with Crippen molar-refractivity contribution in [3.63, 3.8) is 0 Å². The Hall–Kier alpha value is -2.22. The summed E-state index contributed by atoms with van der Waals surface area (Å²) in [7, 11) is 0. The molecule has 7 nitrogen and oxygen atoms in total. The Morgan fingerprint density at radius 2 is 2.19 bits per heavy atom. The van der Waals surface area contributed by atoms with Gasteiger partial charge in [-0.3, -0.25) is 14.9 Å². The second-order valence-corrected chi connectivity index (χ2v) is 4.02. The SMILES string of the molecule is CCNC(COc1c(F)cccc1[N+](=O)[O-])C(=O)OCC. The highest BCUT2D eigenvalue weighted by Gasteiger charge is 2.24. The summed E-state index contributed by atoms with van der Waals surface area (Å²) in [5.74, 6) is -1.91.